The topological polar surface area (TPSA) is 49.4 Å². The number of likely N-dealkylation sites (tertiary alicyclic amines) is 1. The van der Waals surface area contributed by atoms with E-state index < -0.39 is 15.8 Å². The van der Waals surface area contributed by atoms with Crippen molar-refractivity contribution in [2.75, 3.05) is 13.1 Å². The lowest BCUT2D eigenvalue weighted by Gasteiger charge is -2.38. The van der Waals surface area contributed by atoms with E-state index in [9.17, 15) is 12.8 Å². The number of halogens is 2. The first-order chi connectivity index (χ1) is 10.3. The molecule has 0 spiro atoms. The summed E-state index contributed by atoms with van der Waals surface area (Å²) in [4.78, 5) is 2.23. The van der Waals surface area contributed by atoms with Crippen LogP contribution in [0.2, 0.25) is 5.02 Å². The summed E-state index contributed by atoms with van der Waals surface area (Å²) in [7, 11) is -3.73. The van der Waals surface area contributed by atoms with E-state index in [-0.39, 0.29) is 16.0 Å². The number of nitrogens with one attached hydrogen (secondary N) is 1. The van der Waals surface area contributed by atoms with Crippen LogP contribution in [0, 0.1) is 5.82 Å². The number of hydrogen-bond donors (Lipinski definition) is 1. The summed E-state index contributed by atoms with van der Waals surface area (Å²) in [5, 5.41) is -0.105. The predicted molar refractivity (Wildman–Crippen MR) is 86.1 cm³/mol. The lowest BCUT2D eigenvalue weighted by atomic mass is 10.0. The van der Waals surface area contributed by atoms with Crippen molar-refractivity contribution in [1.29, 1.82) is 0 Å². The number of nitrogens with zero attached hydrogens (tertiary/aromatic N) is 1. The van der Waals surface area contributed by atoms with Gasteiger partial charge in [0.25, 0.3) is 0 Å². The monoisotopic (exact) mass is 348 g/mol. The normalized spacial score (nSPS) is 21.7. The third-order valence-corrected chi connectivity index (χ3v) is 6.08. The molecule has 2 rings (SSSR count). The van der Waals surface area contributed by atoms with Gasteiger partial charge in [-0.05, 0) is 51.4 Å². The second kappa shape index (κ2) is 7.25. The van der Waals surface area contributed by atoms with Crippen LogP contribution in [0.5, 0.6) is 0 Å². The number of rotatable bonds is 5. The summed E-state index contributed by atoms with van der Waals surface area (Å²) in [5.74, 6) is -0.556. The molecule has 0 saturated carbocycles. The molecular formula is C15H22ClFN2O2S. The Morgan fingerprint density at radius 1 is 1.45 bits per heavy atom. The summed E-state index contributed by atoms with van der Waals surface area (Å²) in [6.07, 6.45) is 3.51. The third-order valence-electron chi connectivity index (χ3n) is 4.17. The average Bonchev–Trinajstić information content (AvgIpc) is 2.45. The molecule has 7 heteroatoms. The second-order valence-corrected chi connectivity index (χ2v) is 8.00. The van der Waals surface area contributed by atoms with Crippen LogP contribution in [0.25, 0.3) is 0 Å². The van der Waals surface area contributed by atoms with E-state index in [1.54, 1.807) is 0 Å². The summed E-state index contributed by atoms with van der Waals surface area (Å²) in [5.41, 5.74) is 0. The van der Waals surface area contributed by atoms with Crippen molar-refractivity contribution < 1.29 is 12.8 Å². The molecule has 1 saturated heterocycles. The Labute approximate surface area is 136 Å². The van der Waals surface area contributed by atoms with Gasteiger partial charge in [0.1, 0.15) is 10.7 Å². The van der Waals surface area contributed by atoms with Crippen molar-refractivity contribution in [3.8, 4) is 0 Å². The average molecular weight is 349 g/mol. The Morgan fingerprint density at radius 2 is 2.18 bits per heavy atom. The molecule has 1 aromatic rings. The van der Waals surface area contributed by atoms with Crippen LogP contribution in [0.4, 0.5) is 4.39 Å². The van der Waals surface area contributed by atoms with Gasteiger partial charge in [0.2, 0.25) is 10.0 Å². The van der Waals surface area contributed by atoms with Gasteiger partial charge in [-0.2, -0.15) is 0 Å². The van der Waals surface area contributed by atoms with Gasteiger partial charge >= 0.3 is 0 Å². The highest BCUT2D eigenvalue weighted by Gasteiger charge is 2.25. The molecule has 0 bridgehead atoms. The molecule has 0 radical (unpaired) electrons. The minimum absolute atomic E-state index is 0.0885. The van der Waals surface area contributed by atoms with Crippen LogP contribution in [-0.2, 0) is 10.0 Å². The van der Waals surface area contributed by atoms with Crippen LogP contribution >= 0.6 is 11.6 Å². The fourth-order valence-electron chi connectivity index (χ4n) is 2.89. The maximum absolute atomic E-state index is 13.0. The molecule has 124 valence electrons. The molecule has 1 fully saturated rings. The molecule has 1 aliphatic rings. The molecule has 1 heterocycles. The lowest BCUT2D eigenvalue weighted by Crippen LogP contribution is -2.48. The fraction of sp³-hybridized carbons (Fsp3) is 0.600. The van der Waals surface area contributed by atoms with Crippen molar-refractivity contribution >= 4 is 21.6 Å². The van der Waals surface area contributed by atoms with Crippen molar-refractivity contribution in [3.05, 3.63) is 29.0 Å². The Balaban J connectivity index is 2.03. The highest BCUT2D eigenvalue weighted by atomic mass is 35.5. The Kier molecular flexibility index (Phi) is 5.82. The first-order valence-electron chi connectivity index (χ1n) is 7.51. The SMILES string of the molecule is C[C@H](CNS(=O)(=O)c1ccc(F)cc1Cl)N1CCCC[C@@H]1C. The Morgan fingerprint density at radius 3 is 2.82 bits per heavy atom. The van der Waals surface area contributed by atoms with Gasteiger partial charge in [-0.15, -0.1) is 0 Å². The van der Waals surface area contributed by atoms with Crippen LogP contribution in [0.15, 0.2) is 23.1 Å². The highest BCUT2D eigenvalue weighted by molar-refractivity contribution is 7.89. The van der Waals surface area contributed by atoms with E-state index in [0.717, 1.165) is 31.5 Å². The highest BCUT2D eigenvalue weighted by Crippen LogP contribution is 2.23. The molecule has 1 aliphatic heterocycles. The summed E-state index contributed by atoms with van der Waals surface area (Å²) >= 11 is 5.83. The van der Waals surface area contributed by atoms with E-state index in [2.05, 4.69) is 16.5 Å². The molecule has 2 atom stereocenters. The number of sulfonamides is 1. The molecule has 1 aromatic carbocycles. The summed E-state index contributed by atoms with van der Waals surface area (Å²) in [6, 6.07) is 3.85. The van der Waals surface area contributed by atoms with Gasteiger partial charge < -0.3 is 0 Å². The standard InChI is InChI=1S/C15H22ClFN2O2S/c1-11-5-3-4-8-19(11)12(2)10-18-22(20,21)15-7-6-13(17)9-14(15)16/h6-7,9,11-12,18H,3-5,8,10H2,1-2H3/t11-,12+/m0/s1. The first kappa shape index (κ1) is 17.7. The van der Waals surface area contributed by atoms with E-state index >= 15 is 0 Å². The number of piperidine rings is 1. The van der Waals surface area contributed by atoms with Gasteiger partial charge in [0, 0.05) is 18.6 Å². The molecule has 1 N–H and O–H groups in total. The van der Waals surface area contributed by atoms with Crippen LogP contribution in [0.3, 0.4) is 0 Å². The van der Waals surface area contributed by atoms with Crippen LogP contribution in [0.1, 0.15) is 33.1 Å². The third kappa shape index (κ3) is 4.19. The van der Waals surface area contributed by atoms with E-state index in [0.29, 0.717) is 12.6 Å². The van der Waals surface area contributed by atoms with E-state index in [1.165, 1.54) is 12.5 Å². The van der Waals surface area contributed by atoms with Gasteiger partial charge in [-0.1, -0.05) is 18.0 Å². The predicted octanol–water partition coefficient (Wildman–Crippen LogP) is 3.02. The molecular weight excluding hydrogens is 327 g/mol. The van der Waals surface area contributed by atoms with Gasteiger partial charge in [0.05, 0.1) is 5.02 Å². The maximum atomic E-state index is 13.0. The molecule has 0 unspecified atom stereocenters. The zero-order valence-electron chi connectivity index (χ0n) is 12.9. The molecule has 0 aromatic heterocycles. The van der Waals surface area contributed by atoms with Crippen molar-refractivity contribution in [2.45, 2.75) is 50.1 Å². The zero-order valence-corrected chi connectivity index (χ0v) is 14.4. The molecule has 0 aliphatic carbocycles. The quantitative estimate of drug-likeness (QED) is 0.889. The largest absolute Gasteiger partial charge is 0.297 e. The zero-order chi connectivity index (χ0) is 16.3. The van der Waals surface area contributed by atoms with Crippen molar-refractivity contribution in [1.82, 2.24) is 9.62 Å². The Hall–Kier alpha value is -0.690. The molecule has 4 nitrogen and oxygen atoms in total. The van der Waals surface area contributed by atoms with E-state index in [4.69, 9.17) is 11.6 Å². The second-order valence-electron chi connectivity index (χ2n) is 5.86. The van der Waals surface area contributed by atoms with Gasteiger partial charge in [0.15, 0.2) is 0 Å². The number of benzene rings is 1. The minimum Gasteiger partial charge on any atom is -0.297 e. The minimum atomic E-state index is -3.73. The lowest BCUT2D eigenvalue weighted by molar-refractivity contribution is 0.116. The van der Waals surface area contributed by atoms with Crippen LogP contribution in [-0.4, -0.2) is 38.5 Å². The van der Waals surface area contributed by atoms with Crippen LogP contribution < -0.4 is 4.72 Å². The van der Waals surface area contributed by atoms with Gasteiger partial charge in [-0.25, -0.2) is 17.5 Å². The molecule has 22 heavy (non-hydrogen) atoms. The van der Waals surface area contributed by atoms with Crippen molar-refractivity contribution in [3.63, 3.8) is 0 Å². The van der Waals surface area contributed by atoms with E-state index in [1.807, 2.05) is 6.92 Å². The first-order valence-corrected chi connectivity index (χ1v) is 9.38. The maximum Gasteiger partial charge on any atom is 0.242 e. The molecule has 0 amide bonds. The smallest absolute Gasteiger partial charge is 0.242 e. The summed E-state index contributed by atoms with van der Waals surface area (Å²) < 4.78 is 40.2. The number of hydrogen-bond acceptors (Lipinski definition) is 3. The Bertz CT molecular complexity index is 624. The van der Waals surface area contributed by atoms with Crippen molar-refractivity contribution in [2.24, 2.45) is 0 Å². The summed E-state index contributed by atoms with van der Waals surface area (Å²) in [6.45, 7) is 5.47. The van der Waals surface area contributed by atoms with Gasteiger partial charge in [-0.3, -0.25) is 4.90 Å². The fourth-order valence-corrected chi connectivity index (χ4v) is 4.54.